The largest absolute Gasteiger partial charge is 0.394 e. The SMILES string of the molecule is OCC(NCC1CCCO1)c1ccc(Br)cn1. The van der Waals surface area contributed by atoms with Crippen LogP contribution in [0.25, 0.3) is 0 Å². The van der Waals surface area contributed by atoms with Gasteiger partial charge in [0, 0.05) is 23.8 Å². The molecule has 2 rings (SSSR count). The maximum absolute atomic E-state index is 9.37. The normalized spacial score (nSPS) is 21.6. The van der Waals surface area contributed by atoms with Gasteiger partial charge in [0.2, 0.25) is 0 Å². The van der Waals surface area contributed by atoms with Crippen LogP contribution < -0.4 is 5.32 Å². The van der Waals surface area contributed by atoms with E-state index < -0.39 is 0 Å². The van der Waals surface area contributed by atoms with Gasteiger partial charge >= 0.3 is 0 Å². The summed E-state index contributed by atoms with van der Waals surface area (Å²) >= 11 is 3.34. The number of aromatic nitrogens is 1. The molecule has 2 unspecified atom stereocenters. The topological polar surface area (TPSA) is 54.4 Å². The van der Waals surface area contributed by atoms with E-state index >= 15 is 0 Å². The van der Waals surface area contributed by atoms with E-state index in [1.54, 1.807) is 6.20 Å². The average Bonchev–Trinajstić information content (AvgIpc) is 2.85. The molecule has 2 N–H and O–H groups in total. The predicted molar refractivity (Wildman–Crippen MR) is 68.7 cm³/mol. The van der Waals surface area contributed by atoms with Crippen molar-refractivity contribution in [1.29, 1.82) is 0 Å². The standard InChI is InChI=1S/C12H17BrN2O2/c13-9-3-4-11(14-6-9)12(8-16)15-7-10-2-1-5-17-10/h3-4,6,10,12,15-16H,1-2,5,7-8H2. The molecule has 1 fully saturated rings. The number of hydrogen-bond acceptors (Lipinski definition) is 4. The van der Waals surface area contributed by atoms with Gasteiger partial charge in [-0.2, -0.15) is 0 Å². The van der Waals surface area contributed by atoms with Crippen molar-refractivity contribution in [2.45, 2.75) is 25.0 Å². The molecule has 0 radical (unpaired) electrons. The number of nitrogens with zero attached hydrogens (tertiary/aromatic N) is 1. The summed E-state index contributed by atoms with van der Waals surface area (Å²) in [7, 11) is 0. The third kappa shape index (κ3) is 3.74. The monoisotopic (exact) mass is 300 g/mol. The van der Waals surface area contributed by atoms with Crippen LogP contribution in [0.3, 0.4) is 0 Å². The Morgan fingerprint density at radius 2 is 2.47 bits per heavy atom. The third-order valence-corrected chi connectivity index (χ3v) is 3.37. The molecule has 0 amide bonds. The van der Waals surface area contributed by atoms with Crippen molar-refractivity contribution in [2.24, 2.45) is 0 Å². The molecule has 1 aliphatic heterocycles. The number of aliphatic hydroxyl groups excluding tert-OH is 1. The van der Waals surface area contributed by atoms with Crippen LogP contribution >= 0.6 is 15.9 Å². The van der Waals surface area contributed by atoms with E-state index in [9.17, 15) is 5.11 Å². The lowest BCUT2D eigenvalue weighted by atomic mass is 10.1. The fraction of sp³-hybridized carbons (Fsp3) is 0.583. The van der Waals surface area contributed by atoms with Crippen molar-refractivity contribution < 1.29 is 9.84 Å². The number of hydrogen-bond donors (Lipinski definition) is 2. The minimum atomic E-state index is -0.118. The second-order valence-corrected chi connectivity index (χ2v) is 5.10. The quantitative estimate of drug-likeness (QED) is 0.868. The highest BCUT2D eigenvalue weighted by Crippen LogP contribution is 2.15. The molecule has 1 aromatic rings. The van der Waals surface area contributed by atoms with Crippen molar-refractivity contribution in [2.75, 3.05) is 19.8 Å². The van der Waals surface area contributed by atoms with E-state index in [-0.39, 0.29) is 18.8 Å². The van der Waals surface area contributed by atoms with Crippen LogP contribution in [0.2, 0.25) is 0 Å². The van der Waals surface area contributed by atoms with E-state index in [0.717, 1.165) is 36.2 Å². The molecule has 0 aromatic carbocycles. The molecular weight excluding hydrogens is 284 g/mol. The Bertz CT molecular complexity index is 339. The summed E-state index contributed by atoms with van der Waals surface area (Å²) in [6.07, 6.45) is 4.25. The fourth-order valence-electron chi connectivity index (χ4n) is 1.94. The van der Waals surface area contributed by atoms with Crippen LogP contribution in [-0.2, 0) is 4.74 Å². The summed E-state index contributed by atoms with van der Waals surface area (Å²) in [6.45, 7) is 1.66. The number of ether oxygens (including phenoxy) is 1. The van der Waals surface area contributed by atoms with E-state index in [1.807, 2.05) is 12.1 Å². The lowest BCUT2D eigenvalue weighted by Crippen LogP contribution is -2.32. The van der Waals surface area contributed by atoms with Gasteiger partial charge in [0.15, 0.2) is 0 Å². The van der Waals surface area contributed by atoms with Crippen LogP contribution in [0.4, 0.5) is 0 Å². The number of rotatable bonds is 5. The summed E-state index contributed by atoms with van der Waals surface area (Å²) in [5.74, 6) is 0. The van der Waals surface area contributed by atoms with Crippen molar-refractivity contribution in [3.05, 3.63) is 28.5 Å². The van der Waals surface area contributed by atoms with Crippen LogP contribution in [0, 0.1) is 0 Å². The molecule has 4 nitrogen and oxygen atoms in total. The Morgan fingerprint density at radius 1 is 1.59 bits per heavy atom. The molecule has 17 heavy (non-hydrogen) atoms. The number of nitrogens with one attached hydrogen (secondary N) is 1. The zero-order chi connectivity index (χ0) is 12.1. The average molecular weight is 301 g/mol. The highest BCUT2D eigenvalue weighted by atomic mass is 79.9. The Balaban J connectivity index is 1.89. The van der Waals surface area contributed by atoms with E-state index in [2.05, 4.69) is 26.2 Å². The Hall–Kier alpha value is -0.490. The summed E-state index contributed by atoms with van der Waals surface area (Å²) in [6, 6.07) is 3.72. The number of halogens is 1. The van der Waals surface area contributed by atoms with Gasteiger partial charge in [0.05, 0.1) is 24.4 Å². The van der Waals surface area contributed by atoms with E-state index in [4.69, 9.17) is 4.74 Å². The molecule has 0 spiro atoms. The van der Waals surface area contributed by atoms with Gasteiger partial charge in [0.25, 0.3) is 0 Å². The molecule has 1 saturated heterocycles. The first-order chi connectivity index (χ1) is 8.29. The molecule has 5 heteroatoms. The molecular formula is C12H17BrN2O2. The minimum Gasteiger partial charge on any atom is -0.394 e. The van der Waals surface area contributed by atoms with Crippen LogP contribution in [0.1, 0.15) is 24.6 Å². The van der Waals surface area contributed by atoms with Crippen LogP contribution in [0.15, 0.2) is 22.8 Å². The molecule has 0 saturated carbocycles. The van der Waals surface area contributed by atoms with Gasteiger partial charge in [-0.1, -0.05) is 0 Å². The van der Waals surface area contributed by atoms with Crippen molar-refractivity contribution in [1.82, 2.24) is 10.3 Å². The second kappa shape index (κ2) is 6.44. The summed E-state index contributed by atoms with van der Waals surface area (Å²) in [4.78, 5) is 4.28. The van der Waals surface area contributed by atoms with Gasteiger partial charge in [0.1, 0.15) is 0 Å². The number of pyridine rings is 1. The van der Waals surface area contributed by atoms with Crippen molar-refractivity contribution in [3.63, 3.8) is 0 Å². The highest BCUT2D eigenvalue weighted by molar-refractivity contribution is 9.10. The molecule has 2 atom stereocenters. The zero-order valence-corrected chi connectivity index (χ0v) is 11.2. The lowest BCUT2D eigenvalue weighted by Gasteiger charge is -2.18. The Labute approximate surface area is 110 Å². The maximum Gasteiger partial charge on any atom is 0.0730 e. The van der Waals surface area contributed by atoms with E-state index in [0.29, 0.717) is 0 Å². The Morgan fingerprint density at radius 3 is 3.06 bits per heavy atom. The van der Waals surface area contributed by atoms with E-state index in [1.165, 1.54) is 0 Å². The van der Waals surface area contributed by atoms with Crippen LogP contribution in [-0.4, -0.2) is 36.0 Å². The van der Waals surface area contributed by atoms with Gasteiger partial charge in [-0.05, 0) is 40.9 Å². The minimum absolute atomic E-state index is 0.0430. The fourth-order valence-corrected chi connectivity index (χ4v) is 2.17. The van der Waals surface area contributed by atoms with Crippen molar-refractivity contribution in [3.8, 4) is 0 Å². The summed E-state index contributed by atoms with van der Waals surface area (Å²) < 4.78 is 6.47. The smallest absolute Gasteiger partial charge is 0.0730 e. The van der Waals surface area contributed by atoms with Gasteiger partial charge in [-0.25, -0.2) is 0 Å². The highest BCUT2D eigenvalue weighted by Gasteiger charge is 2.18. The second-order valence-electron chi connectivity index (χ2n) is 4.18. The predicted octanol–water partition coefficient (Wildman–Crippen LogP) is 1.65. The zero-order valence-electron chi connectivity index (χ0n) is 9.60. The van der Waals surface area contributed by atoms with Gasteiger partial charge in [-0.15, -0.1) is 0 Å². The molecule has 0 aliphatic carbocycles. The first-order valence-electron chi connectivity index (χ1n) is 5.87. The lowest BCUT2D eigenvalue weighted by molar-refractivity contribution is 0.103. The Kier molecular flexibility index (Phi) is 4.91. The summed E-state index contributed by atoms with van der Waals surface area (Å²) in [5, 5.41) is 12.7. The molecule has 2 heterocycles. The maximum atomic E-state index is 9.37. The first-order valence-corrected chi connectivity index (χ1v) is 6.66. The molecule has 0 bridgehead atoms. The first kappa shape index (κ1) is 13.0. The number of aliphatic hydroxyl groups is 1. The summed E-state index contributed by atoms with van der Waals surface area (Å²) in [5.41, 5.74) is 0.855. The molecule has 1 aliphatic rings. The molecule has 1 aromatic heterocycles. The third-order valence-electron chi connectivity index (χ3n) is 2.91. The van der Waals surface area contributed by atoms with Crippen molar-refractivity contribution >= 4 is 15.9 Å². The van der Waals surface area contributed by atoms with Gasteiger partial charge in [-0.3, -0.25) is 4.98 Å². The van der Waals surface area contributed by atoms with Gasteiger partial charge < -0.3 is 15.2 Å². The molecule has 94 valence electrons. The van der Waals surface area contributed by atoms with Crippen LogP contribution in [0.5, 0.6) is 0 Å².